The third-order valence-electron chi connectivity index (χ3n) is 17.4. The molecule has 0 heterocycles. The van der Waals surface area contributed by atoms with E-state index in [0.29, 0.717) is 31.6 Å². The van der Waals surface area contributed by atoms with Crippen LogP contribution in [0.2, 0.25) is 0 Å². The second kappa shape index (κ2) is 63.5. The van der Waals surface area contributed by atoms with Gasteiger partial charge in [-0.15, -0.1) is 0 Å². The van der Waals surface area contributed by atoms with E-state index >= 15 is 0 Å². The van der Waals surface area contributed by atoms with Gasteiger partial charge in [-0.1, -0.05) is 319 Å². The molecule has 0 aliphatic rings. The third-order valence-corrected chi connectivity index (χ3v) is 19.3. The second-order valence-corrected chi connectivity index (χ2v) is 31.3. The van der Waals surface area contributed by atoms with Gasteiger partial charge < -0.3 is 33.8 Å². The highest BCUT2D eigenvalue weighted by atomic mass is 31.2. The molecule has 3 unspecified atom stereocenters. The summed E-state index contributed by atoms with van der Waals surface area (Å²) >= 11 is 0. The largest absolute Gasteiger partial charge is 0.472 e. The minimum absolute atomic E-state index is 0.106. The summed E-state index contributed by atoms with van der Waals surface area (Å²) in [6.07, 6.45) is 47.4. The average Bonchev–Trinajstić information content (AvgIpc) is 1.91. The zero-order valence-corrected chi connectivity index (χ0v) is 62.7. The van der Waals surface area contributed by atoms with E-state index in [9.17, 15) is 43.2 Å². The maximum atomic E-state index is 13.0. The topological polar surface area (TPSA) is 237 Å². The van der Waals surface area contributed by atoms with E-state index in [2.05, 4.69) is 55.4 Å². The lowest BCUT2D eigenvalue weighted by atomic mass is 10.00. The fourth-order valence-corrected chi connectivity index (χ4v) is 12.7. The first-order valence-electron chi connectivity index (χ1n) is 38.2. The molecule has 0 aromatic heterocycles. The highest BCUT2D eigenvalue weighted by Gasteiger charge is 2.30. The molecule has 0 aromatic carbocycles. The molecule has 3 N–H and O–H groups in total. The van der Waals surface area contributed by atoms with E-state index in [1.165, 1.54) is 161 Å². The first-order chi connectivity index (χ1) is 44.6. The highest BCUT2D eigenvalue weighted by Crippen LogP contribution is 2.45. The Kier molecular flexibility index (Phi) is 62.2. The molecule has 0 aromatic rings. The first-order valence-corrected chi connectivity index (χ1v) is 41.2. The van der Waals surface area contributed by atoms with Crippen molar-refractivity contribution in [3.05, 3.63) is 0 Å². The molecule has 0 fully saturated rings. The van der Waals surface area contributed by atoms with Crippen molar-refractivity contribution in [1.29, 1.82) is 0 Å². The fraction of sp³-hybridized carbons (Fsp3) is 0.946. The summed E-state index contributed by atoms with van der Waals surface area (Å²) in [5.74, 6) is 0.873. The molecular weight excluding hydrogens is 1220 g/mol. The van der Waals surface area contributed by atoms with Crippen molar-refractivity contribution in [2.45, 2.75) is 388 Å². The van der Waals surface area contributed by atoms with Crippen LogP contribution in [0.4, 0.5) is 0 Å². The normalized spacial score (nSPS) is 14.5. The van der Waals surface area contributed by atoms with E-state index in [-0.39, 0.29) is 25.7 Å². The Bertz CT molecular complexity index is 1840. The molecule has 0 saturated heterocycles. The van der Waals surface area contributed by atoms with Gasteiger partial charge in [0.2, 0.25) is 0 Å². The maximum Gasteiger partial charge on any atom is 0.472 e. The fourth-order valence-electron chi connectivity index (χ4n) is 11.2. The van der Waals surface area contributed by atoms with Crippen molar-refractivity contribution in [1.82, 2.24) is 0 Å². The van der Waals surface area contributed by atoms with Gasteiger partial charge in [0.25, 0.3) is 0 Å². The van der Waals surface area contributed by atoms with Gasteiger partial charge in [-0.25, -0.2) is 9.13 Å². The Morgan fingerprint density at radius 1 is 0.301 bits per heavy atom. The number of unbranched alkanes of at least 4 members (excludes halogenated alkanes) is 36. The van der Waals surface area contributed by atoms with Gasteiger partial charge in [0.05, 0.1) is 26.4 Å². The van der Waals surface area contributed by atoms with E-state index in [0.717, 1.165) is 120 Å². The Morgan fingerprint density at radius 2 is 0.516 bits per heavy atom. The van der Waals surface area contributed by atoms with Crippen molar-refractivity contribution in [3.8, 4) is 0 Å². The number of esters is 4. The lowest BCUT2D eigenvalue weighted by molar-refractivity contribution is -0.161. The van der Waals surface area contributed by atoms with E-state index in [1.807, 2.05) is 0 Å². The summed E-state index contributed by atoms with van der Waals surface area (Å²) in [5, 5.41) is 10.6. The molecular formula is C74H144O17P2. The summed E-state index contributed by atoms with van der Waals surface area (Å²) in [6.45, 7) is 14.1. The standard InChI is InChI=1S/C74H144O17P2/c1-9-67(8)53-45-37-31-33-39-47-55-72(77)85-61-70(91-74(79)56-48-40-28-24-20-16-12-10-11-14-18-22-26-34-42-50-64(2)3)63-89-93(82,83)87-59-68(75)58-86-92(80,81)88-62-69(60-84-71(76)54-46-38-32-30-36-44-52-66(6)7)90-73(78)57-49-41-29-25-21-17-13-15-19-23-27-35-43-51-65(4)5/h64-70,75H,9-63H2,1-8H3,(H,80,81)(H,82,83)/t67?,68-,69+,70+/m0/s1. The molecule has 6 atom stereocenters. The monoisotopic (exact) mass is 1370 g/mol. The molecule has 0 aliphatic heterocycles. The number of hydrogen-bond donors (Lipinski definition) is 3. The number of hydrogen-bond acceptors (Lipinski definition) is 15. The molecule has 93 heavy (non-hydrogen) atoms. The quantitative estimate of drug-likeness (QED) is 0.0222. The minimum Gasteiger partial charge on any atom is -0.462 e. The molecule has 0 aliphatic carbocycles. The highest BCUT2D eigenvalue weighted by molar-refractivity contribution is 7.47. The summed E-state index contributed by atoms with van der Waals surface area (Å²) in [7, 11) is -9.91. The average molecular weight is 1370 g/mol. The van der Waals surface area contributed by atoms with Gasteiger partial charge in [-0.2, -0.15) is 0 Å². The molecule has 0 bridgehead atoms. The van der Waals surface area contributed by atoms with Gasteiger partial charge in [0.15, 0.2) is 12.2 Å². The van der Waals surface area contributed by atoms with Crippen molar-refractivity contribution in [2.75, 3.05) is 39.6 Å². The maximum absolute atomic E-state index is 13.0. The van der Waals surface area contributed by atoms with Crippen LogP contribution in [0.25, 0.3) is 0 Å². The number of carbonyl (C=O) groups is 4. The lowest BCUT2D eigenvalue weighted by Crippen LogP contribution is -2.30. The van der Waals surface area contributed by atoms with Crippen LogP contribution in [0.5, 0.6) is 0 Å². The van der Waals surface area contributed by atoms with Crippen LogP contribution in [0.1, 0.15) is 370 Å². The molecule has 19 heteroatoms. The van der Waals surface area contributed by atoms with E-state index < -0.39 is 97.5 Å². The molecule has 552 valence electrons. The Hall–Kier alpha value is -1.94. The zero-order chi connectivity index (χ0) is 68.9. The van der Waals surface area contributed by atoms with Crippen LogP contribution in [-0.4, -0.2) is 96.7 Å². The third kappa shape index (κ3) is 67.0. The zero-order valence-electron chi connectivity index (χ0n) is 60.9. The molecule has 0 radical (unpaired) electrons. The number of aliphatic hydroxyl groups is 1. The summed E-state index contributed by atoms with van der Waals surface area (Å²) in [4.78, 5) is 72.7. The number of rotatable bonds is 71. The second-order valence-electron chi connectivity index (χ2n) is 28.4. The van der Waals surface area contributed by atoms with E-state index in [4.69, 9.17) is 37.0 Å². The Labute approximate surface area is 568 Å². The van der Waals surface area contributed by atoms with Crippen molar-refractivity contribution in [3.63, 3.8) is 0 Å². The molecule has 0 amide bonds. The smallest absolute Gasteiger partial charge is 0.462 e. The molecule has 17 nitrogen and oxygen atoms in total. The van der Waals surface area contributed by atoms with Gasteiger partial charge in [0.1, 0.15) is 19.3 Å². The predicted molar refractivity (Wildman–Crippen MR) is 377 cm³/mol. The van der Waals surface area contributed by atoms with Crippen molar-refractivity contribution in [2.24, 2.45) is 23.7 Å². The van der Waals surface area contributed by atoms with Crippen LogP contribution < -0.4 is 0 Å². The van der Waals surface area contributed by atoms with Crippen LogP contribution in [0.15, 0.2) is 0 Å². The van der Waals surface area contributed by atoms with Crippen LogP contribution in [-0.2, 0) is 65.4 Å². The Morgan fingerprint density at radius 3 is 0.763 bits per heavy atom. The van der Waals surface area contributed by atoms with Crippen LogP contribution >= 0.6 is 15.6 Å². The SMILES string of the molecule is CCC(C)CCCCCCCCC(=O)OC[C@H](COP(=O)(O)OC[C@@H](O)COP(=O)(O)OC[C@@H](COC(=O)CCCCCCCCC(C)C)OC(=O)CCCCCCCCCCCCCCCC(C)C)OC(=O)CCCCCCCCCCCCCCCCCC(C)C. The first kappa shape index (κ1) is 91.1. The summed E-state index contributed by atoms with van der Waals surface area (Å²) in [6, 6.07) is 0. The van der Waals surface area contributed by atoms with Gasteiger partial charge in [-0.3, -0.25) is 37.3 Å². The minimum atomic E-state index is -4.95. The molecule has 0 spiro atoms. The van der Waals surface area contributed by atoms with Crippen molar-refractivity contribution >= 4 is 39.5 Å². The van der Waals surface area contributed by atoms with Crippen molar-refractivity contribution < 1.29 is 80.2 Å². The van der Waals surface area contributed by atoms with E-state index in [1.54, 1.807) is 0 Å². The predicted octanol–water partition coefficient (Wildman–Crippen LogP) is 21.3. The number of aliphatic hydroxyl groups excluding tert-OH is 1. The summed E-state index contributed by atoms with van der Waals surface area (Å²) in [5.41, 5.74) is 0. The number of phosphoric acid groups is 2. The van der Waals surface area contributed by atoms with Gasteiger partial charge in [0, 0.05) is 25.7 Å². The number of phosphoric ester groups is 2. The molecule has 0 rings (SSSR count). The molecule has 0 saturated carbocycles. The lowest BCUT2D eigenvalue weighted by Gasteiger charge is -2.21. The van der Waals surface area contributed by atoms with Crippen LogP contribution in [0, 0.1) is 23.7 Å². The van der Waals surface area contributed by atoms with Crippen LogP contribution in [0.3, 0.4) is 0 Å². The Balaban J connectivity index is 5.20. The number of carbonyl (C=O) groups excluding carboxylic acids is 4. The summed E-state index contributed by atoms with van der Waals surface area (Å²) < 4.78 is 68.4. The number of ether oxygens (including phenoxy) is 4. The van der Waals surface area contributed by atoms with Gasteiger partial charge >= 0.3 is 39.5 Å². The van der Waals surface area contributed by atoms with Gasteiger partial charge in [-0.05, 0) is 49.4 Å².